The number of benzene rings is 2. The van der Waals surface area contributed by atoms with E-state index in [2.05, 4.69) is 183 Å². The molecule has 0 N–H and O–H groups in total. The predicted octanol–water partition coefficient (Wildman–Crippen LogP) is 10.8. The molecule has 0 radical (unpaired) electrons. The first kappa shape index (κ1) is 59.4. The number of rotatable bonds is 15. The molecule has 0 bridgehead atoms. The van der Waals surface area contributed by atoms with Crippen molar-refractivity contribution in [2.24, 2.45) is 23.7 Å². The van der Waals surface area contributed by atoms with E-state index in [0.717, 1.165) is 82.4 Å². The van der Waals surface area contributed by atoms with E-state index in [0.29, 0.717) is 62.1 Å². The Bertz CT molecular complexity index is 2030. The van der Waals surface area contributed by atoms with Crippen LogP contribution in [0.4, 0.5) is 0 Å². The van der Waals surface area contributed by atoms with Gasteiger partial charge in [-0.15, -0.1) is 0 Å². The van der Waals surface area contributed by atoms with Gasteiger partial charge >= 0.3 is 0 Å². The first-order chi connectivity index (χ1) is 34.4. The van der Waals surface area contributed by atoms with Gasteiger partial charge in [-0.2, -0.15) is 5.10 Å². The molecule has 2 aromatic heterocycles. The average molecular weight is 995 g/mol. The zero-order valence-electron chi connectivity index (χ0n) is 47.5. The van der Waals surface area contributed by atoms with Crippen molar-refractivity contribution in [2.45, 2.75) is 163 Å². The van der Waals surface area contributed by atoms with Crippen LogP contribution >= 0.6 is 0 Å². The maximum absolute atomic E-state index is 7.75. The lowest BCUT2D eigenvalue weighted by molar-refractivity contribution is -0.0836. The zero-order valence-corrected chi connectivity index (χ0v) is 47.5. The van der Waals surface area contributed by atoms with Crippen LogP contribution < -0.4 is 0 Å². The molecule has 1 aliphatic heterocycles. The van der Waals surface area contributed by atoms with Crippen molar-refractivity contribution in [1.29, 1.82) is 0 Å². The van der Waals surface area contributed by atoms with Gasteiger partial charge in [-0.1, -0.05) is 110 Å². The molecule has 0 amide bonds. The van der Waals surface area contributed by atoms with Crippen molar-refractivity contribution >= 4 is 0 Å². The summed E-state index contributed by atoms with van der Waals surface area (Å²) in [7, 11) is 9.10. The van der Waals surface area contributed by atoms with Crippen LogP contribution in [-0.4, -0.2) is 164 Å². The number of hydrogen-bond acceptors (Lipinski definition) is 10. The van der Waals surface area contributed by atoms with Crippen LogP contribution in [0.25, 0.3) is 11.1 Å². The molecule has 72 heavy (non-hydrogen) atoms. The molecule has 402 valence electrons. The lowest BCUT2D eigenvalue weighted by Gasteiger charge is -2.40. The maximum atomic E-state index is 7.75. The van der Waals surface area contributed by atoms with E-state index < -0.39 is 0 Å². The number of ether oxygens (including phenoxy) is 4. The monoisotopic (exact) mass is 994 g/mol. The van der Waals surface area contributed by atoms with Gasteiger partial charge in [0.2, 0.25) is 0 Å². The molecule has 2 aromatic carbocycles. The van der Waals surface area contributed by atoms with Gasteiger partial charge in [0, 0.05) is 80.9 Å². The largest absolute Gasteiger partial charge is 0.378 e. The summed E-state index contributed by atoms with van der Waals surface area (Å²) < 4.78 is 30.0. The standard InChI is InChI=1S/C61H99N7O4/c1-45(2)30-56-42-69-29-28-64(11)57(31-46(3)4)43-70-50(10)38-67(14)60(33-48(7)8)61(35-52-20-22-53(23-21-52)39-68-40-55(36-63-68)54-24-26-62-27-25-54)72-59(34-51-18-16-15-17-19-51)41-66(13)58(32-47(5)6)44-71-49(9)37-65(56)12/h15-27,36,40,45-50,56-61H,28-35,37-39,41-44H2,1-14H3/t49-,50-,56+,57+,58+,59-,60+,61?/m1/s1. The van der Waals surface area contributed by atoms with Crippen LogP contribution in [0, 0.1) is 23.7 Å². The lowest BCUT2D eigenvalue weighted by Crippen LogP contribution is -2.51. The molecule has 1 unspecified atom stereocenters. The van der Waals surface area contributed by atoms with Crippen molar-refractivity contribution in [2.75, 3.05) is 80.8 Å². The molecule has 3 heterocycles. The van der Waals surface area contributed by atoms with Crippen LogP contribution in [0.15, 0.2) is 91.5 Å². The summed E-state index contributed by atoms with van der Waals surface area (Å²) in [6.07, 6.45) is 13.5. The molecule has 11 heteroatoms. The van der Waals surface area contributed by atoms with E-state index in [1.54, 1.807) is 0 Å². The van der Waals surface area contributed by atoms with E-state index >= 15 is 0 Å². The topological polar surface area (TPSA) is 80.6 Å². The number of hydrogen-bond donors (Lipinski definition) is 0. The molecule has 4 aromatic rings. The highest BCUT2D eigenvalue weighted by Crippen LogP contribution is 2.26. The third kappa shape index (κ3) is 21.0. The highest BCUT2D eigenvalue weighted by atomic mass is 16.5. The number of nitrogens with zero attached hydrogens (tertiary/aromatic N) is 7. The second-order valence-corrected chi connectivity index (χ2v) is 23.4. The number of likely N-dealkylation sites (N-methyl/N-ethyl adjacent to an activating group) is 4. The quantitative estimate of drug-likeness (QED) is 0.115. The fourth-order valence-electron chi connectivity index (χ4n) is 10.6. The Morgan fingerprint density at radius 3 is 1.68 bits per heavy atom. The third-order valence-corrected chi connectivity index (χ3v) is 14.6. The summed E-state index contributed by atoms with van der Waals surface area (Å²) in [6.45, 7) is 30.0. The normalized spacial score (nSPS) is 25.6. The molecule has 11 nitrogen and oxygen atoms in total. The predicted molar refractivity (Wildman–Crippen MR) is 299 cm³/mol. The van der Waals surface area contributed by atoms with Crippen LogP contribution in [0.2, 0.25) is 0 Å². The van der Waals surface area contributed by atoms with E-state index in [1.165, 1.54) is 16.7 Å². The SMILES string of the molecule is CC(C)C[C@H]1CO[C@H](C)CN(C)[C@@H](CC(C)C)C(Cc2ccc(Cn3cc(-c4ccncc4)cn3)cc2)O[C@H](Cc2ccccc2)CN(C)[C@@H](CC(C)C)CO[C@H](C)CN(C)[C@@H](CC(C)C)COCCN1C. The highest BCUT2D eigenvalue weighted by Gasteiger charge is 2.33. The molecule has 0 spiro atoms. The maximum Gasteiger partial charge on any atom is 0.0775 e. The van der Waals surface area contributed by atoms with E-state index in [9.17, 15) is 0 Å². The Balaban J connectivity index is 1.48. The van der Waals surface area contributed by atoms with Gasteiger partial charge in [0.25, 0.3) is 0 Å². The molecule has 5 rings (SSSR count). The van der Waals surface area contributed by atoms with Crippen molar-refractivity contribution in [1.82, 2.24) is 34.4 Å². The summed E-state index contributed by atoms with van der Waals surface area (Å²) in [6, 6.07) is 25.2. The van der Waals surface area contributed by atoms with Gasteiger partial charge < -0.3 is 18.9 Å². The Kier molecular flexibility index (Phi) is 25.4. The minimum Gasteiger partial charge on any atom is -0.378 e. The lowest BCUT2D eigenvalue weighted by atomic mass is 9.92. The molecular weight excluding hydrogens is 895 g/mol. The Morgan fingerprint density at radius 1 is 0.556 bits per heavy atom. The number of aromatic nitrogens is 3. The highest BCUT2D eigenvalue weighted by molar-refractivity contribution is 5.60. The van der Waals surface area contributed by atoms with Crippen LogP contribution in [0.1, 0.15) is 112 Å². The van der Waals surface area contributed by atoms with Gasteiger partial charge in [0.15, 0.2) is 0 Å². The minimum absolute atomic E-state index is 0.0357. The summed E-state index contributed by atoms with van der Waals surface area (Å²) in [4.78, 5) is 14.2. The van der Waals surface area contributed by atoms with Crippen LogP contribution in [0.5, 0.6) is 0 Å². The van der Waals surface area contributed by atoms with Crippen molar-refractivity contribution in [3.8, 4) is 11.1 Å². The molecule has 1 aliphatic rings. The van der Waals surface area contributed by atoms with Crippen molar-refractivity contribution in [3.63, 3.8) is 0 Å². The van der Waals surface area contributed by atoms with Crippen molar-refractivity contribution < 1.29 is 18.9 Å². The van der Waals surface area contributed by atoms with Gasteiger partial charge in [0.05, 0.1) is 63.6 Å². The van der Waals surface area contributed by atoms with E-state index in [-0.39, 0.29) is 36.5 Å². The third-order valence-electron chi connectivity index (χ3n) is 14.6. The Hall–Kier alpha value is -3.52. The first-order valence-electron chi connectivity index (χ1n) is 27.7. The van der Waals surface area contributed by atoms with E-state index in [4.69, 9.17) is 24.0 Å². The van der Waals surface area contributed by atoms with Gasteiger partial charge in [0.1, 0.15) is 0 Å². The zero-order chi connectivity index (χ0) is 52.2. The fraction of sp³-hybridized carbons (Fsp3) is 0.672. The van der Waals surface area contributed by atoms with Crippen LogP contribution in [-0.2, 0) is 38.3 Å². The first-order valence-corrected chi connectivity index (χ1v) is 27.7. The molecular formula is C61H99N7O4. The Labute approximate surface area is 438 Å². The average Bonchev–Trinajstić information content (AvgIpc) is 3.80. The smallest absolute Gasteiger partial charge is 0.0775 e. The van der Waals surface area contributed by atoms with Crippen molar-refractivity contribution in [3.05, 3.63) is 108 Å². The minimum atomic E-state index is -0.0777. The van der Waals surface area contributed by atoms with Gasteiger partial charge in [-0.05, 0) is 132 Å². The van der Waals surface area contributed by atoms with Gasteiger partial charge in [-0.25, -0.2) is 0 Å². The molecule has 0 aliphatic carbocycles. The van der Waals surface area contributed by atoms with Gasteiger partial charge in [-0.3, -0.25) is 29.3 Å². The summed E-state index contributed by atoms with van der Waals surface area (Å²) in [5.41, 5.74) is 5.99. The second-order valence-electron chi connectivity index (χ2n) is 23.4. The molecule has 1 fully saturated rings. The fourth-order valence-corrected chi connectivity index (χ4v) is 10.6. The van der Waals surface area contributed by atoms with Crippen LogP contribution in [0.3, 0.4) is 0 Å². The Morgan fingerprint density at radius 2 is 1.08 bits per heavy atom. The summed E-state index contributed by atoms with van der Waals surface area (Å²) in [5, 5.41) is 4.71. The molecule has 8 atom stereocenters. The second kappa shape index (κ2) is 30.8. The summed E-state index contributed by atoms with van der Waals surface area (Å²) >= 11 is 0. The molecule has 0 saturated carbocycles. The summed E-state index contributed by atoms with van der Waals surface area (Å²) in [5.74, 6) is 2.12. The number of pyridine rings is 1. The molecule has 1 saturated heterocycles. The van der Waals surface area contributed by atoms with E-state index in [1.807, 2.05) is 35.4 Å².